The SMILES string of the molecule is CC(C)(C)CCC(=O)NCCOCCOC(C)(C)C. The molecule has 0 unspecified atom stereocenters. The third-order valence-electron chi connectivity index (χ3n) is 2.43. The Bertz CT molecular complexity index is 251. The molecule has 0 bridgehead atoms. The number of hydrogen-bond acceptors (Lipinski definition) is 3. The van der Waals surface area contributed by atoms with Gasteiger partial charge in [-0.3, -0.25) is 4.79 Å². The smallest absolute Gasteiger partial charge is 0.220 e. The van der Waals surface area contributed by atoms with Gasteiger partial charge in [0, 0.05) is 13.0 Å². The van der Waals surface area contributed by atoms with Crippen LogP contribution in [0.1, 0.15) is 54.4 Å². The van der Waals surface area contributed by atoms with Crippen molar-refractivity contribution in [1.29, 1.82) is 0 Å². The van der Waals surface area contributed by atoms with Crippen LogP contribution in [0.25, 0.3) is 0 Å². The molecule has 0 aliphatic carbocycles. The fourth-order valence-electron chi connectivity index (χ4n) is 1.35. The van der Waals surface area contributed by atoms with Gasteiger partial charge >= 0.3 is 0 Å². The highest BCUT2D eigenvalue weighted by atomic mass is 16.5. The Hall–Kier alpha value is -0.610. The van der Waals surface area contributed by atoms with E-state index in [9.17, 15) is 4.79 Å². The van der Waals surface area contributed by atoms with Crippen LogP contribution in [-0.4, -0.2) is 37.9 Å². The zero-order valence-corrected chi connectivity index (χ0v) is 13.5. The largest absolute Gasteiger partial charge is 0.377 e. The van der Waals surface area contributed by atoms with E-state index in [1.54, 1.807) is 0 Å². The average molecular weight is 273 g/mol. The van der Waals surface area contributed by atoms with E-state index in [1.165, 1.54) is 0 Å². The summed E-state index contributed by atoms with van der Waals surface area (Å²) in [7, 11) is 0. The van der Waals surface area contributed by atoms with Gasteiger partial charge in [-0.25, -0.2) is 0 Å². The third-order valence-corrected chi connectivity index (χ3v) is 2.43. The lowest BCUT2D eigenvalue weighted by Gasteiger charge is -2.19. The first-order valence-corrected chi connectivity index (χ1v) is 7.08. The lowest BCUT2D eigenvalue weighted by atomic mass is 9.90. The summed E-state index contributed by atoms with van der Waals surface area (Å²) in [4.78, 5) is 11.5. The molecular formula is C15H31NO3. The summed E-state index contributed by atoms with van der Waals surface area (Å²) in [5.41, 5.74) is 0.0860. The molecule has 0 aromatic heterocycles. The van der Waals surface area contributed by atoms with E-state index in [0.29, 0.717) is 32.8 Å². The van der Waals surface area contributed by atoms with Crippen molar-refractivity contribution in [2.24, 2.45) is 5.41 Å². The summed E-state index contributed by atoms with van der Waals surface area (Å²) in [6, 6.07) is 0. The van der Waals surface area contributed by atoms with E-state index < -0.39 is 0 Å². The highest BCUT2D eigenvalue weighted by molar-refractivity contribution is 5.75. The molecule has 0 aliphatic rings. The Kier molecular flexibility index (Phi) is 8.26. The summed E-state index contributed by atoms with van der Waals surface area (Å²) in [6.07, 6.45) is 1.48. The van der Waals surface area contributed by atoms with Gasteiger partial charge in [0.05, 0.1) is 25.4 Å². The van der Waals surface area contributed by atoms with Crippen molar-refractivity contribution in [1.82, 2.24) is 5.32 Å². The van der Waals surface area contributed by atoms with E-state index in [1.807, 2.05) is 20.8 Å². The highest BCUT2D eigenvalue weighted by Gasteiger charge is 2.12. The molecule has 1 N–H and O–H groups in total. The van der Waals surface area contributed by atoms with Crippen molar-refractivity contribution >= 4 is 5.91 Å². The first kappa shape index (κ1) is 18.4. The monoisotopic (exact) mass is 273 g/mol. The molecule has 19 heavy (non-hydrogen) atoms. The number of carbonyl (C=O) groups excluding carboxylic acids is 1. The number of carbonyl (C=O) groups is 1. The Balaban J connectivity index is 3.37. The molecule has 0 saturated heterocycles. The topological polar surface area (TPSA) is 47.6 Å². The fourth-order valence-corrected chi connectivity index (χ4v) is 1.35. The standard InChI is InChI=1S/C15H31NO3/c1-14(2,3)8-7-13(17)16-9-10-18-11-12-19-15(4,5)6/h7-12H2,1-6H3,(H,16,17). The maximum atomic E-state index is 11.5. The second-order valence-corrected chi connectivity index (χ2v) is 6.98. The number of rotatable bonds is 8. The summed E-state index contributed by atoms with van der Waals surface area (Å²) in [5.74, 6) is 0.101. The Morgan fingerprint density at radius 2 is 1.63 bits per heavy atom. The van der Waals surface area contributed by atoms with Gasteiger partial charge in [-0.1, -0.05) is 20.8 Å². The molecule has 0 spiro atoms. The predicted octanol–water partition coefficient (Wildman–Crippen LogP) is 2.76. The molecule has 0 atom stereocenters. The lowest BCUT2D eigenvalue weighted by molar-refractivity contribution is -0.121. The van der Waals surface area contributed by atoms with Crippen molar-refractivity contribution in [2.45, 2.75) is 60.0 Å². The van der Waals surface area contributed by atoms with Gasteiger partial charge in [0.2, 0.25) is 5.91 Å². The number of amides is 1. The third kappa shape index (κ3) is 15.3. The molecule has 4 nitrogen and oxygen atoms in total. The van der Waals surface area contributed by atoms with Crippen molar-refractivity contribution in [3.63, 3.8) is 0 Å². The second kappa shape index (κ2) is 8.54. The first-order chi connectivity index (χ1) is 8.60. The zero-order chi connectivity index (χ0) is 14.9. The fraction of sp³-hybridized carbons (Fsp3) is 0.933. The van der Waals surface area contributed by atoms with Crippen LogP contribution < -0.4 is 5.32 Å². The minimum atomic E-state index is -0.121. The number of ether oxygens (including phenoxy) is 2. The van der Waals surface area contributed by atoms with E-state index in [2.05, 4.69) is 26.1 Å². The van der Waals surface area contributed by atoms with Crippen LogP contribution >= 0.6 is 0 Å². The van der Waals surface area contributed by atoms with Crippen LogP contribution in [-0.2, 0) is 14.3 Å². The van der Waals surface area contributed by atoms with Gasteiger partial charge < -0.3 is 14.8 Å². The Morgan fingerprint density at radius 1 is 1.00 bits per heavy atom. The van der Waals surface area contributed by atoms with E-state index in [4.69, 9.17) is 9.47 Å². The molecule has 4 heteroatoms. The minimum Gasteiger partial charge on any atom is -0.377 e. The van der Waals surface area contributed by atoms with Crippen LogP contribution in [0.15, 0.2) is 0 Å². The van der Waals surface area contributed by atoms with Crippen LogP contribution in [0.2, 0.25) is 0 Å². The normalized spacial score (nSPS) is 12.5. The molecule has 0 aliphatic heterocycles. The summed E-state index contributed by atoms with van der Waals surface area (Å²) in [6.45, 7) is 14.7. The van der Waals surface area contributed by atoms with Crippen molar-refractivity contribution in [2.75, 3.05) is 26.4 Å². The Labute approximate surface area is 118 Å². The predicted molar refractivity (Wildman–Crippen MR) is 78.2 cm³/mol. The molecule has 0 aromatic rings. The molecule has 0 aromatic carbocycles. The van der Waals surface area contributed by atoms with Gasteiger partial charge in [0.25, 0.3) is 0 Å². The van der Waals surface area contributed by atoms with Gasteiger partial charge in [-0.2, -0.15) is 0 Å². The maximum Gasteiger partial charge on any atom is 0.220 e. The van der Waals surface area contributed by atoms with E-state index in [0.717, 1.165) is 6.42 Å². The minimum absolute atomic E-state index is 0.101. The molecule has 1 amide bonds. The summed E-state index contributed by atoms with van der Waals surface area (Å²) < 4.78 is 10.9. The van der Waals surface area contributed by atoms with Crippen LogP contribution in [0, 0.1) is 5.41 Å². The van der Waals surface area contributed by atoms with Crippen molar-refractivity contribution in [3.8, 4) is 0 Å². The molecule has 0 fully saturated rings. The number of hydrogen-bond donors (Lipinski definition) is 1. The maximum absolute atomic E-state index is 11.5. The van der Waals surface area contributed by atoms with Crippen LogP contribution in [0.4, 0.5) is 0 Å². The molecular weight excluding hydrogens is 242 g/mol. The molecule has 0 saturated carbocycles. The zero-order valence-electron chi connectivity index (χ0n) is 13.5. The van der Waals surface area contributed by atoms with Gasteiger partial charge in [-0.05, 0) is 32.6 Å². The molecule has 114 valence electrons. The quantitative estimate of drug-likeness (QED) is 0.692. The molecule has 0 heterocycles. The Morgan fingerprint density at radius 3 is 2.16 bits per heavy atom. The molecule has 0 radical (unpaired) electrons. The first-order valence-electron chi connectivity index (χ1n) is 7.08. The number of nitrogens with one attached hydrogen (secondary N) is 1. The van der Waals surface area contributed by atoms with Gasteiger partial charge in [0.15, 0.2) is 0 Å². The second-order valence-electron chi connectivity index (χ2n) is 6.98. The summed E-state index contributed by atoms with van der Waals surface area (Å²) >= 11 is 0. The van der Waals surface area contributed by atoms with Crippen molar-refractivity contribution in [3.05, 3.63) is 0 Å². The highest BCUT2D eigenvalue weighted by Crippen LogP contribution is 2.19. The average Bonchev–Trinajstić information content (AvgIpc) is 2.22. The lowest BCUT2D eigenvalue weighted by Crippen LogP contribution is -2.28. The van der Waals surface area contributed by atoms with Crippen LogP contribution in [0.5, 0.6) is 0 Å². The van der Waals surface area contributed by atoms with E-state index in [-0.39, 0.29) is 16.9 Å². The molecule has 0 rings (SSSR count). The van der Waals surface area contributed by atoms with Gasteiger partial charge in [0.1, 0.15) is 0 Å². The van der Waals surface area contributed by atoms with Gasteiger partial charge in [-0.15, -0.1) is 0 Å². The van der Waals surface area contributed by atoms with E-state index >= 15 is 0 Å². The van der Waals surface area contributed by atoms with Crippen molar-refractivity contribution < 1.29 is 14.3 Å². The summed E-state index contributed by atoms with van der Waals surface area (Å²) in [5, 5.41) is 2.86. The van der Waals surface area contributed by atoms with Crippen LogP contribution in [0.3, 0.4) is 0 Å².